The predicted octanol–water partition coefficient (Wildman–Crippen LogP) is 2.60. The molecule has 3 nitrogen and oxygen atoms in total. The summed E-state index contributed by atoms with van der Waals surface area (Å²) >= 11 is 11.8. The molecule has 2 aromatic rings. The monoisotopic (exact) mass is 215 g/mol. The standard InChI is InChI=1S/C8H7Cl2N3/c1-2-5-3-7(10)13-8(12-5)6(9)4-11-13/h3-4H,2H2,1H3. The lowest BCUT2D eigenvalue weighted by Crippen LogP contribution is -1.96. The van der Waals surface area contributed by atoms with Crippen molar-refractivity contribution >= 4 is 28.8 Å². The second-order valence-electron chi connectivity index (χ2n) is 2.65. The van der Waals surface area contributed by atoms with Gasteiger partial charge in [0.15, 0.2) is 5.65 Å². The maximum absolute atomic E-state index is 5.96. The lowest BCUT2D eigenvalue weighted by Gasteiger charge is -1.99. The Morgan fingerprint density at radius 2 is 2.23 bits per heavy atom. The first-order valence-electron chi connectivity index (χ1n) is 3.91. The van der Waals surface area contributed by atoms with Gasteiger partial charge in [0, 0.05) is 5.69 Å². The van der Waals surface area contributed by atoms with Gasteiger partial charge < -0.3 is 0 Å². The van der Waals surface area contributed by atoms with Crippen molar-refractivity contribution in [1.82, 2.24) is 14.6 Å². The van der Waals surface area contributed by atoms with Gasteiger partial charge in [0.1, 0.15) is 10.2 Å². The highest BCUT2D eigenvalue weighted by Crippen LogP contribution is 2.19. The summed E-state index contributed by atoms with van der Waals surface area (Å²) in [5.41, 5.74) is 1.53. The van der Waals surface area contributed by atoms with Crippen LogP contribution in [0.3, 0.4) is 0 Å². The average molecular weight is 216 g/mol. The first-order chi connectivity index (χ1) is 6.22. The Morgan fingerprint density at radius 3 is 2.92 bits per heavy atom. The van der Waals surface area contributed by atoms with Crippen LogP contribution in [0.15, 0.2) is 12.3 Å². The number of rotatable bonds is 1. The molecule has 68 valence electrons. The fourth-order valence-electron chi connectivity index (χ4n) is 1.13. The lowest BCUT2D eigenvalue weighted by molar-refractivity contribution is 0.913. The molecule has 5 heteroatoms. The van der Waals surface area contributed by atoms with E-state index in [1.165, 1.54) is 10.7 Å². The molecule has 0 unspecified atom stereocenters. The summed E-state index contributed by atoms with van der Waals surface area (Å²) in [5.74, 6) is 0. The first kappa shape index (κ1) is 8.78. The van der Waals surface area contributed by atoms with E-state index >= 15 is 0 Å². The Balaban J connectivity index is 2.80. The highest BCUT2D eigenvalue weighted by Gasteiger charge is 2.07. The van der Waals surface area contributed by atoms with Gasteiger partial charge >= 0.3 is 0 Å². The van der Waals surface area contributed by atoms with E-state index in [0.29, 0.717) is 15.8 Å². The molecular weight excluding hydrogens is 209 g/mol. The van der Waals surface area contributed by atoms with Crippen molar-refractivity contribution in [3.63, 3.8) is 0 Å². The molecule has 0 N–H and O–H groups in total. The van der Waals surface area contributed by atoms with Crippen LogP contribution in [0.5, 0.6) is 0 Å². The highest BCUT2D eigenvalue weighted by atomic mass is 35.5. The molecule has 0 saturated heterocycles. The van der Waals surface area contributed by atoms with Crippen LogP contribution in [0, 0.1) is 0 Å². The van der Waals surface area contributed by atoms with Crippen LogP contribution < -0.4 is 0 Å². The Kier molecular flexibility index (Phi) is 2.14. The van der Waals surface area contributed by atoms with Gasteiger partial charge in [-0.05, 0) is 12.5 Å². The van der Waals surface area contributed by atoms with Gasteiger partial charge in [-0.2, -0.15) is 5.10 Å². The summed E-state index contributed by atoms with van der Waals surface area (Å²) < 4.78 is 1.52. The SMILES string of the molecule is CCc1cc(Cl)n2ncc(Cl)c2n1. The van der Waals surface area contributed by atoms with Gasteiger partial charge in [0.05, 0.1) is 6.20 Å². The van der Waals surface area contributed by atoms with Crippen molar-refractivity contribution in [2.75, 3.05) is 0 Å². The van der Waals surface area contributed by atoms with Crippen molar-refractivity contribution in [2.24, 2.45) is 0 Å². The molecule has 2 aromatic heterocycles. The molecule has 0 aliphatic heterocycles. The summed E-state index contributed by atoms with van der Waals surface area (Å²) in [6.07, 6.45) is 2.37. The van der Waals surface area contributed by atoms with Crippen LogP contribution in [0.25, 0.3) is 5.65 Å². The molecule has 0 amide bonds. The molecule has 0 radical (unpaired) electrons. The van der Waals surface area contributed by atoms with Crippen molar-refractivity contribution < 1.29 is 0 Å². The fourth-order valence-corrected chi connectivity index (χ4v) is 1.54. The molecule has 0 spiro atoms. The summed E-state index contributed by atoms with van der Waals surface area (Å²) in [4.78, 5) is 4.30. The quantitative estimate of drug-likeness (QED) is 0.685. The topological polar surface area (TPSA) is 30.2 Å². The zero-order chi connectivity index (χ0) is 9.42. The van der Waals surface area contributed by atoms with Crippen LogP contribution in [0.2, 0.25) is 10.2 Å². The van der Waals surface area contributed by atoms with Crippen LogP contribution >= 0.6 is 23.2 Å². The number of nitrogens with zero attached hydrogens (tertiary/aromatic N) is 3. The smallest absolute Gasteiger partial charge is 0.175 e. The number of hydrogen-bond acceptors (Lipinski definition) is 2. The number of halogens is 2. The molecule has 0 fully saturated rings. The van der Waals surface area contributed by atoms with Crippen LogP contribution in [0.4, 0.5) is 0 Å². The van der Waals surface area contributed by atoms with Crippen LogP contribution in [0.1, 0.15) is 12.6 Å². The van der Waals surface area contributed by atoms with E-state index in [-0.39, 0.29) is 0 Å². The number of aromatic nitrogens is 3. The zero-order valence-electron chi connectivity index (χ0n) is 6.96. The minimum atomic E-state index is 0.525. The second-order valence-corrected chi connectivity index (χ2v) is 3.45. The van der Waals surface area contributed by atoms with E-state index in [0.717, 1.165) is 12.1 Å². The number of hydrogen-bond donors (Lipinski definition) is 0. The Bertz CT molecular complexity index is 450. The van der Waals surface area contributed by atoms with Gasteiger partial charge in [0.2, 0.25) is 0 Å². The molecule has 0 atom stereocenters. The second kappa shape index (κ2) is 3.16. The third-order valence-electron chi connectivity index (χ3n) is 1.80. The summed E-state index contributed by atoms with van der Waals surface area (Å²) in [5, 5.41) is 5.04. The normalized spacial score (nSPS) is 11.0. The zero-order valence-corrected chi connectivity index (χ0v) is 8.47. The summed E-state index contributed by atoms with van der Waals surface area (Å²) in [6, 6.07) is 1.79. The van der Waals surface area contributed by atoms with Gasteiger partial charge in [0.25, 0.3) is 0 Å². The van der Waals surface area contributed by atoms with Crippen molar-refractivity contribution in [3.8, 4) is 0 Å². The minimum absolute atomic E-state index is 0.525. The first-order valence-corrected chi connectivity index (χ1v) is 4.66. The molecular formula is C8H7Cl2N3. The van der Waals surface area contributed by atoms with E-state index in [4.69, 9.17) is 23.2 Å². The van der Waals surface area contributed by atoms with E-state index in [1.54, 1.807) is 6.07 Å². The third-order valence-corrected chi connectivity index (χ3v) is 2.34. The minimum Gasteiger partial charge on any atom is -0.232 e. The molecule has 2 heterocycles. The molecule has 13 heavy (non-hydrogen) atoms. The molecule has 0 aliphatic carbocycles. The highest BCUT2D eigenvalue weighted by molar-refractivity contribution is 6.34. The molecule has 0 aromatic carbocycles. The molecule has 2 rings (SSSR count). The van der Waals surface area contributed by atoms with Gasteiger partial charge in [-0.3, -0.25) is 0 Å². The van der Waals surface area contributed by atoms with Crippen LogP contribution in [-0.4, -0.2) is 14.6 Å². The fraction of sp³-hybridized carbons (Fsp3) is 0.250. The van der Waals surface area contributed by atoms with E-state index < -0.39 is 0 Å². The lowest BCUT2D eigenvalue weighted by atomic mass is 10.3. The molecule has 0 bridgehead atoms. The van der Waals surface area contributed by atoms with Crippen LogP contribution in [-0.2, 0) is 6.42 Å². The number of aryl methyl sites for hydroxylation is 1. The largest absolute Gasteiger partial charge is 0.232 e. The summed E-state index contributed by atoms with van der Waals surface area (Å²) in [6.45, 7) is 2.01. The van der Waals surface area contributed by atoms with E-state index in [9.17, 15) is 0 Å². The number of fused-ring (bicyclic) bond motifs is 1. The van der Waals surface area contributed by atoms with Crippen molar-refractivity contribution in [1.29, 1.82) is 0 Å². The van der Waals surface area contributed by atoms with Crippen molar-refractivity contribution in [3.05, 3.63) is 28.1 Å². The van der Waals surface area contributed by atoms with E-state index in [1.807, 2.05) is 6.92 Å². The predicted molar refractivity (Wildman–Crippen MR) is 52.4 cm³/mol. The molecule has 0 saturated carbocycles. The van der Waals surface area contributed by atoms with Gasteiger partial charge in [-0.25, -0.2) is 9.50 Å². The maximum Gasteiger partial charge on any atom is 0.175 e. The Labute approximate surface area is 85.3 Å². The third kappa shape index (κ3) is 1.38. The average Bonchev–Trinajstić information content (AvgIpc) is 2.48. The Hall–Kier alpha value is -0.800. The molecule has 0 aliphatic rings. The van der Waals surface area contributed by atoms with Gasteiger partial charge in [-0.1, -0.05) is 30.1 Å². The summed E-state index contributed by atoms with van der Waals surface area (Å²) in [7, 11) is 0. The van der Waals surface area contributed by atoms with E-state index in [2.05, 4.69) is 10.1 Å². The maximum atomic E-state index is 5.96. The van der Waals surface area contributed by atoms with Gasteiger partial charge in [-0.15, -0.1) is 0 Å². The Morgan fingerprint density at radius 1 is 1.46 bits per heavy atom. The van der Waals surface area contributed by atoms with Crippen molar-refractivity contribution in [2.45, 2.75) is 13.3 Å².